The predicted molar refractivity (Wildman–Crippen MR) is 82.5 cm³/mol. The van der Waals surface area contributed by atoms with E-state index in [2.05, 4.69) is 5.32 Å². The molecule has 2 amide bonds. The van der Waals surface area contributed by atoms with Gasteiger partial charge in [-0.2, -0.15) is 0 Å². The molecule has 116 valence electrons. The Hall–Kier alpha value is -1.75. The molecule has 0 aliphatic rings. The van der Waals surface area contributed by atoms with Crippen LogP contribution in [0.4, 0.5) is 4.79 Å². The van der Waals surface area contributed by atoms with Crippen LogP contribution in [0.5, 0.6) is 0 Å². The van der Waals surface area contributed by atoms with Gasteiger partial charge in [-0.05, 0) is 31.0 Å². The van der Waals surface area contributed by atoms with E-state index < -0.39 is 18.0 Å². The van der Waals surface area contributed by atoms with Gasteiger partial charge >= 0.3 is 12.0 Å². The van der Waals surface area contributed by atoms with Gasteiger partial charge in [0.25, 0.3) is 0 Å². The monoisotopic (exact) mass is 312 g/mol. The smallest absolute Gasteiger partial charge is 0.326 e. The van der Waals surface area contributed by atoms with Crippen molar-refractivity contribution in [1.82, 2.24) is 10.2 Å². The first-order valence-electron chi connectivity index (χ1n) is 6.88. The molecule has 0 radical (unpaired) electrons. The van der Waals surface area contributed by atoms with E-state index in [0.717, 1.165) is 5.56 Å². The molecule has 0 saturated heterocycles. The molecule has 1 aromatic carbocycles. The van der Waals surface area contributed by atoms with Crippen molar-refractivity contribution in [3.8, 4) is 0 Å². The van der Waals surface area contributed by atoms with Crippen LogP contribution in [0, 0.1) is 0 Å². The molecule has 0 aliphatic carbocycles. The van der Waals surface area contributed by atoms with E-state index in [9.17, 15) is 9.59 Å². The predicted octanol–water partition coefficient (Wildman–Crippen LogP) is 3.30. The number of halogens is 1. The summed E-state index contributed by atoms with van der Waals surface area (Å²) in [7, 11) is 1.63. The molecule has 0 aromatic heterocycles. The lowest BCUT2D eigenvalue weighted by atomic mass is 10.1. The summed E-state index contributed by atoms with van der Waals surface area (Å²) in [5, 5.41) is 12.2. The van der Waals surface area contributed by atoms with Crippen LogP contribution in [0.15, 0.2) is 24.3 Å². The van der Waals surface area contributed by atoms with Gasteiger partial charge in [0.15, 0.2) is 0 Å². The largest absolute Gasteiger partial charge is 0.480 e. The fourth-order valence-corrected chi connectivity index (χ4v) is 2.16. The van der Waals surface area contributed by atoms with Gasteiger partial charge in [0.05, 0.1) is 6.04 Å². The number of hydrogen-bond donors (Lipinski definition) is 2. The molecule has 2 N–H and O–H groups in total. The molecule has 0 fully saturated rings. The quantitative estimate of drug-likeness (QED) is 0.846. The summed E-state index contributed by atoms with van der Waals surface area (Å²) >= 11 is 5.94. The van der Waals surface area contributed by atoms with Crippen LogP contribution in [-0.4, -0.2) is 35.1 Å². The number of hydrogen-bond acceptors (Lipinski definition) is 2. The van der Waals surface area contributed by atoms with E-state index in [1.807, 2.05) is 26.0 Å². The van der Waals surface area contributed by atoms with Crippen molar-refractivity contribution in [2.45, 2.75) is 38.8 Å². The average molecular weight is 313 g/mol. The number of urea groups is 1. The Morgan fingerprint density at radius 1 is 1.43 bits per heavy atom. The number of aliphatic carboxylic acids is 1. The van der Waals surface area contributed by atoms with E-state index >= 15 is 0 Å². The van der Waals surface area contributed by atoms with Crippen LogP contribution in [0.25, 0.3) is 0 Å². The summed E-state index contributed by atoms with van der Waals surface area (Å²) < 4.78 is 0. The van der Waals surface area contributed by atoms with Gasteiger partial charge in [-0.15, -0.1) is 0 Å². The fourth-order valence-electron chi connectivity index (χ4n) is 1.96. The highest BCUT2D eigenvalue weighted by Crippen LogP contribution is 2.21. The number of carbonyl (C=O) groups excluding carboxylic acids is 1. The second-order valence-electron chi connectivity index (χ2n) is 4.97. The van der Waals surface area contributed by atoms with Gasteiger partial charge in [0, 0.05) is 12.1 Å². The zero-order valence-corrected chi connectivity index (χ0v) is 13.2. The molecule has 2 atom stereocenters. The maximum atomic E-state index is 12.2. The molecule has 0 aliphatic heterocycles. The Labute approximate surface area is 129 Å². The van der Waals surface area contributed by atoms with Gasteiger partial charge in [-0.3, -0.25) is 0 Å². The molecule has 0 saturated carbocycles. The lowest BCUT2D eigenvalue weighted by molar-refractivity contribution is -0.139. The van der Waals surface area contributed by atoms with Gasteiger partial charge < -0.3 is 15.3 Å². The normalized spacial score (nSPS) is 13.3. The summed E-state index contributed by atoms with van der Waals surface area (Å²) in [4.78, 5) is 24.7. The number of carboxylic acid groups (broad SMARTS) is 1. The van der Waals surface area contributed by atoms with Crippen molar-refractivity contribution >= 4 is 23.6 Å². The first-order chi connectivity index (χ1) is 9.86. The van der Waals surface area contributed by atoms with Gasteiger partial charge in [0.2, 0.25) is 0 Å². The summed E-state index contributed by atoms with van der Waals surface area (Å²) in [6.07, 6.45) is 1.09. The molecule has 0 bridgehead atoms. The number of nitrogens with one attached hydrogen (secondary N) is 1. The van der Waals surface area contributed by atoms with Crippen molar-refractivity contribution in [3.05, 3.63) is 34.9 Å². The van der Waals surface area contributed by atoms with Crippen molar-refractivity contribution in [2.24, 2.45) is 0 Å². The third-order valence-electron chi connectivity index (χ3n) is 3.41. The molecule has 1 aromatic rings. The number of benzene rings is 1. The van der Waals surface area contributed by atoms with Crippen LogP contribution in [0.2, 0.25) is 5.02 Å². The van der Waals surface area contributed by atoms with E-state index in [1.165, 1.54) is 4.90 Å². The van der Waals surface area contributed by atoms with Crippen LogP contribution in [0.3, 0.4) is 0 Å². The highest BCUT2D eigenvalue weighted by molar-refractivity contribution is 6.30. The molecule has 6 heteroatoms. The van der Waals surface area contributed by atoms with Crippen LogP contribution in [0.1, 0.15) is 38.3 Å². The Morgan fingerprint density at radius 3 is 2.62 bits per heavy atom. The van der Waals surface area contributed by atoms with Crippen molar-refractivity contribution < 1.29 is 14.7 Å². The third-order valence-corrected chi connectivity index (χ3v) is 3.64. The fraction of sp³-hybridized carbons (Fsp3) is 0.467. The summed E-state index contributed by atoms with van der Waals surface area (Å²) in [6, 6.07) is 5.76. The number of amides is 2. The van der Waals surface area contributed by atoms with E-state index in [4.69, 9.17) is 16.7 Å². The van der Waals surface area contributed by atoms with Crippen LogP contribution in [-0.2, 0) is 4.79 Å². The molecular formula is C15H21ClN2O3. The summed E-state index contributed by atoms with van der Waals surface area (Å²) in [5.74, 6) is -1.02. The van der Waals surface area contributed by atoms with Crippen molar-refractivity contribution in [1.29, 1.82) is 0 Å². The van der Waals surface area contributed by atoms with Gasteiger partial charge in [-0.25, -0.2) is 9.59 Å². The molecule has 1 rings (SSSR count). The van der Waals surface area contributed by atoms with Gasteiger partial charge in [-0.1, -0.05) is 37.1 Å². The first kappa shape index (κ1) is 17.3. The molecule has 21 heavy (non-hydrogen) atoms. The molecule has 2 unspecified atom stereocenters. The number of nitrogens with zero attached hydrogens (tertiary/aromatic N) is 1. The number of carboxylic acids is 1. The maximum Gasteiger partial charge on any atom is 0.326 e. The minimum absolute atomic E-state index is 0.209. The Balaban J connectivity index is 2.75. The molecule has 5 nitrogen and oxygen atoms in total. The van der Waals surface area contributed by atoms with Crippen molar-refractivity contribution in [2.75, 3.05) is 7.05 Å². The zero-order chi connectivity index (χ0) is 16.0. The summed E-state index contributed by atoms with van der Waals surface area (Å²) in [5.41, 5.74) is 0.891. The minimum atomic E-state index is -1.02. The number of rotatable bonds is 6. The lowest BCUT2D eigenvalue weighted by Gasteiger charge is -2.27. The first-order valence-corrected chi connectivity index (χ1v) is 7.26. The second-order valence-corrected chi connectivity index (χ2v) is 5.41. The van der Waals surface area contributed by atoms with Crippen LogP contribution < -0.4 is 5.32 Å². The standard InChI is InChI=1S/C15H21ClN2O3/c1-4-6-13(14(19)20)17-15(21)18(3)10(2)11-7-5-8-12(16)9-11/h5,7-10,13H,4,6H2,1-3H3,(H,17,21)(H,19,20). The molecular weight excluding hydrogens is 292 g/mol. The van der Waals surface area contributed by atoms with E-state index in [-0.39, 0.29) is 6.04 Å². The van der Waals surface area contributed by atoms with Gasteiger partial charge in [0.1, 0.15) is 6.04 Å². The third kappa shape index (κ3) is 4.93. The number of carbonyl (C=O) groups is 2. The molecule has 0 spiro atoms. The van der Waals surface area contributed by atoms with Crippen molar-refractivity contribution in [3.63, 3.8) is 0 Å². The Kier molecular flexibility index (Phi) is 6.49. The topological polar surface area (TPSA) is 69.6 Å². The summed E-state index contributed by atoms with van der Waals surface area (Å²) in [6.45, 7) is 3.74. The Bertz CT molecular complexity index is 507. The highest BCUT2D eigenvalue weighted by Gasteiger charge is 2.23. The van der Waals surface area contributed by atoms with Crippen LogP contribution >= 0.6 is 11.6 Å². The highest BCUT2D eigenvalue weighted by atomic mass is 35.5. The Morgan fingerprint density at radius 2 is 2.10 bits per heavy atom. The molecule has 0 heterocycles. The maximum absolute atomic E-state index is 12.2. The SMILES string of the molecule is CCCC(NC(=O)N(C)C(C)c1cccc(Cl)c1)C(=O)O. The average Bonchev–Trinajstić information content (AvgIpc) is 2.44. The minimum Gasteiger partial charge on any atom is -0.480 e. The van der Waals surface area contributed by atoms with E-state index in [1.54, 1.807) is 19.2 Å². The lowest BCUT2D eigenvalue weighted by Crippen LogP contribution is -2.47. The van der Waals surface area contributed by atoms with E-state index in [0.29, 0.717) is 17.9 Å². The second kappa shape index (κ2) is 7.88. The zero-order valence-electron chi connectivity index (χ0n) is 12.5.